The Hall–Kier alpha value is -1.39. The summed E-state index contributed by atoms with van der Waals surface area (Å²) in [5.74, 6) is 0.0661. The zero-order chi connectivity index (χ0) is 10.8. The summed E-state index contributed by atoms with van der Waals surface area (Å²) in [5, 5.41) is 10.2. The van der Waals surface area contributed by atoms with Crippen molar-refractivity contribution in [3.63, 3.8) is 0 Å². The van der Waals surface area contributed by atoms with Crippen molar-refractivity contribution in [3.05, 3.63) is 34.4 Å². The summed E-state index contributed by atoms with van der Waals surface area (Å²) >= 11 is 0. The molecule has 1 rings (SSSR count). The van der Waals surface area contributed by atoms with E-state index in [9.17, 15) is 19.6 Å². The van der Waals surface area contributed by atoms with Crippen LogP contribution in [0.1, 0.15) is 0 Å². The zero-order valence-electron chi connectivity index (χ0n) is 7.25. The topological polar surface area (TPSA) is 92.5 Å². The van der Waals surface area contributed by atoms with Gasteiger partial charge in [-0.15, -0.1) is 0 Å². The lowest BCUT2D eigenvalue weighted by Crippen LogP contribution is -2.04. The molecule has 1 aromatic carbocycles. The van der Waals surface area contributed by atoms with Gasteiger partial charge in [-0.3, -0.25) is 14.7 Å². The van der Waals surface area contributed by atoms with Crippen LogP contribution in [0, 0.1) is 10.1 Å². The number of hydrogen-bond acceptors (Lipinski definition) is 5. The summed E-state index contributed by atoms with van der Waals surface area (Å²) in [6.45, 7) is 0.925. The molecule has 0 aliphatic rings. The van der Waals surface area contributed by atoms with Gasteiger partial charge in [0.2, 0.25) is 0 Å². The van der Waals surface area contributed by atoms with Gasteiger partial charge in [-0.05, 0) is 12.1 Å². The average Bonchev–Trinajstić information content (AvgIpc) is 2.02. The van der Waals surface area contributed by atoms with Crippen LogP contribution in [0.15, 0.2) is 24.3 Å². The van der Waals surface area contributed by atoms with Gasteiger partial charge in [0.05, 0.1) is 4.92 Å². The Balaban J connectivity index is 2.84. The highest BCUT2D eigenvalue weighted by Crippen LogP contribution is 2.34. The number of nitro groups is 1. The smallest absolute Gasteiger partial charge is 0.269 e. The second-order valence-corrected chi connectivity index (χ2v) is 4.34. The first-order valence-corrected chi connectivity index (χ1v) is 5.60. The van der Waals surface area contributed by atoms with E-state index in [4.69, 9.17) is 0 Å². The van der Waals surface area contributed by atoms with Gasteiger partial charge in [-0.25, -0.2) is 0 Å². The average molecular weight is 216 g/mol. The van der Waals surface area contributed by atoms with Crippen LogP contribution in [0.5, 0.6) is 5.75 Å². The van der Waals surface area contributed by atoms with Crippen molar-refractivity contribution in [2.24, 2.45) is 0 Å². The van der Waals surface area contributed by atoms with E-state index in [1.54, 1.807) is 0 Å². The maximum atomic E-state index is 10.7. The fourth-order valence-corrected chi connectivity index (χ4v) is 1.32. The first-order chi connectivity index (χ1) is 6.38. The van der Waals surface area contributed by atoms with Crippen LogP contribution >= 0.6 is 7.60 Å². The first-order valence-electron chi connectivity index (χ1n) is 3.61. The summed E-state index contributed by atoms with van der Waals surface area (Å²) in [6.07, 6.45) is 0. The minimum Gasteiger partial charge on any atom is -0.769 e. The number of rotatable bonds is 3. The lowest BCUT2D eigenvalue weighted by molar-refractivity contribution is -0.384. The fraction of sp³-hybridized carbons (Fsp3) is 0.143. The summed E-state index contributed by atoms with van der Waals surface area (Å²) in [5.41, 5.74) is -0.116. The molecule has 0 radical (unpaired) electrons. The third-order valence-corrected chi connectivity index (χ3v) is 1.86. The fourth-order valence-electron chi connectivity index (χ4n) is 0.820. The quantitative estimate of drug-likeness (QED) is 0.429. The van der Waals surface area contributed by atoms with Crippen molar-refractivity contribution in [3.8, 4) is 5.75 Å². The molecule has 0 heterocycles. The Morgan fingerprint density at radius 2 is 1.86 bits per heavy atom. The van der Waals surface area contributed by atoms with Gasteiger partial charge >= 0.3 is 0 Å². The van der Waals surface area contributed by atoms with Gasteiger partial charge in [-0.2, -0.15) is 0 Å². The number of nitrogens with zero attached hydrogens (tertiary/aromatic N) is 1. The SMILES string of the molecule is CP(=O)([O-])Oc1ccc([N+](=O)[O-])cc1. The zero-order valence-corrected chi connectivity index (χ0v) is 8.14. The van der Waals surface area contributed by atoms with Gasteiger partial charge in [0, 0.05) is 18.8 Å². The largest absolute Gasteiger partial charge is 0.769 e. The summed E-state index contributed by atoms with van der Waals surface area (Å²) in [6, 6.07) is 4.80. The molecule has 0 spiro atoms. The van der Waals surface area contributed by atoms with Crippen LogP contribution in [0.25, 0.3) is 0 Å². The molecule has 0 amide bonds. The van der Waals surface area contributed by atoms with Crippen molar-refractivity contribution < 1.29 is 18.9 Å². The van der Waals surface area contributed by atoms with Gasteiger partial charge in [0.25, 0.3) is 5.69 Å². The molecule has 1 unspecified atom stereocenters. The molecule has 0 aliphatic heterocycles. The molecule has 1 aromatic rings. The van der Waals surface area contributed by atoms with Crippen LogP contribution in [0.4, 0.5) is 5.69 Å². The maximum absolute atomic E-state index is 10.7. The maximum Gasteiger partial charge on any atom is 0.269 e. The second kappa shape index (κ2) is 3.77. The lowest BCUT2D eigenvalue weighted by Gasteiger charge is -2.18. The Labute approximate surface area is 79.8 Å². The van der Waals surface area contributed by atoms with Crippen molar-refractivity contribution in [2.75, 3.05) is 6.66 Å². The molecule has 0 saturated heterocycles. The van der Waals surface area contributed by atoms with Crippen LogP contribution in [0.2, 0.25) is 0 Å². The Bertz CT molecular complexity index is 382. The van der Waals surface area contributed by atoms with Crippen LogP contribution in [-0.4, -0.2) is 11.6 Å². The van der Waals surface area contributed by atoms with E-state index < -0.39 is 12.5 Å². The van der Waals surface area contributed by atoms with Gasteiger partial charge < -0.3 is 9.42 Å². The first kappa shape index (κ1) is 10.7. The predicted molar refractivity (Wildman–Crippen MR) is 47.3 cm³/mol. The standard InChI is InChI=1S/C7H8NO5P/c1-14(11,12)13-7-4-2-6(3-5-7)8(9)10/h2-5H,1H3,(H,11,12)/p-1. The third kappa shape index (κ3) is 3.16. The van der Waals surface area contributed by atoms with E-state index in [0.29, 0.717) is 0 Å². The highest BCUT2D eigenvalue weighted by atomic mass is 31.2. The van der Waals surface area contributed by atoms with Gasteiger partial charge in [-0.1, -0.05) is 0 Å². The van der Waals surface area contributed by atoms with Gasteiger partial charge in [0.1, 0.15) is 5.75 Å². The Morgan fingerprint density at radius 3 is 2.21 bits per heavy atom. The monoisotopic (exact) mass is 216 g/mol. The summed E-state index contributed by atoms with van der Waals surface area (Å²) in [4.78, 5) is 20.4. The molecule has 14 heavy (non-hydrogen) atoms. The minimum atomic E-state index is -3.85. The van der Waals surface area contributed by atoms with Crippen LogP contribution in [-0.2, 0) is 4.57 Å². The van der Waals surface area contributed by atoms with Crippen molar-refractivity contribution >= 4 is 13.3 Å². The number of benzene rings is 1. The normalized spacial score (nSPS) is 14.4. The van der Waals surface area contributed by atoms with E-state index in [1.165, 1.54) is 24.3 Å². The highest BCUT2D eigenvalue weighted by Gasteiger charge is 2.06. The van der Waals surface area contributed by atoms with E-state index in [0.717, 1.165) is 6.66 Å². The molecule has 0 aliphatic carbocycles. The van der Waals surface area contributed by atoms with E-state index in [2.05, 4.69) is 4.52 Å². The number of hydrogen-bond donors (Lipinski definition) is 0. The number of nitro benzene ring substituents is 1. The van der Waals surface area contributed by atoms with E-state index in [-0.39, 0.29) is 11.4 Å². The highest BCUT2D eigenvalue weighted by molar-refractivity contribution is 7.50. The Morgan fingerprint density at radius 1 is 1.36 bits per heavy atom. The van der Waals surface area contributed by atoms with Crippen molar-refractivity contribution in [2.45, 2.75) is 0 Å². The number of non-ortho nitro benzene ring substituents is 1. The van der Waals surface area contributed by atoms with Gasteiger partial charge in [0.15, 0.2) is 7.60 Å². The predicted octanol–water partition coefficient (Wildman–Crippen LogP) is 1.16. The summed E-state index contributed by atoms with van der Waals surface area (Å²) in [7, 11) is -3.85. The summed E-state index contributed by atoms with van der Waals surface area (Å²) < 4.78 is 15.2. The molecule has 7 heteroatoms. The molecule has 0 fully saturated rings. The van der Waals surface area contributed by atoms with Crippen molar-refractivity contribution in [1.29, 1.82) is 0 Å². The van der Waals surface area contributed by atoms with E-state index in [1.807, 2.05) is 0 Å². The van der Waals surface area contributed by atoms with E-state index >= 15 is 0 Å². The van der Waals surface area contributed by atoms with Crippen molar-refractivity contribution in [1.82, 2.24) is 0 Å². The van der Waals surface area contributed by atoms with Crippen LogP contribution < -0.4 is 9.42 Å². The third-order valence-electron chi connectivity index (χ3n) is 1.32. The minimum absolute atomic E-state index is 0.0661. The molecular formula is C7H7NO5P-. The Kier molecular flexibility index (Phi) is 2.88. The molecule has 76 valence electrons. The molecule has 0 saturated carbocycles. The molecule has 0 bridgehead atoms. The molecule has 0 aromatic heterocycles. The molecular weight excluding hydrogens is 209 g/mol. The molecule has 0 N–H and O–H groups in total. The second-order valence-electron chi connectivity index (χ2n) is 2.61. The van der Waals surface area contributed by atoms with Crippen LogP contribution in [0.3, 0.4) is 0 Å². The molecule has 6 nitrogen and oxygen atoms in total. The molecule has 1 atom stereocenters. The lowest BCUT2D eigenvalue weighted by atomic mass is 10.3.